The van der Waals surface area contributed by atoms with Gasteiger partial charge in [0.05, 0.1) is 17.9 Å². The summed E-state index contributed by atoms with van der Waals surface area (Å²) in [5, 5.41) is 12.3. The average molecular weight is 389 g/mol. The van der Waals surface area contributed by atoms with E-state index in [4.69, 9.17) is 4.74 Å². The lowest BCUT2D eigenvalue weighted by Gasteiger charge is -2.30. The number of hydrogen-bond donors (Lipinski definition) is 1. The summed E-state index contributed by atoms with van der Waals surface area (Å²) in [5.41, 5.74) is 0.884. The molecule has 1 N–H and O–H groups in total. The fourth-order valence-electron chi connectivity index (χ4n) is 3.52. The van der Waals surface area contributed by atoms with Gasteiger partial charge in [0.25, 0.3) is 0 Å². The van der Waals surface area contributed by atoms with Crippen LogP contribution in [0.15, 0.2) is 29.4 Å². The zero-order valence-corrected chi connectivity index (χ0v) is 17.3. The first-order chi connectivity index (χ1) is 13.0. The van der Waals surface area contributed by atoms with Crippen LogP contribution >= 0.6 is 11.8 Å². The number of thioether (sulfide) groups is 1. The van der Waals surface area contributed by atoms with Crippen molar-refractivity contribution in [3.8, 4) is 17.1 Å². The predicted octanol–water partition coefficient (Wildman–Crippen LogP) is 3.67. The summed E-state index contributed by atoms with van der Waals surface area (Å²) in [4.78, 5) is 12.6. The van der Waals surface area contributed by atoms with E-state index < -0.39 is 0 Å². The molecule has 2 aromatic rings. The van der Waals surface area contributed by atoms with E-state index in [-0.39, 0.29) is 17.2 Å². The highest BCUT2D eigenvalue weighted by molar-refractivity contribution is 8.00. The molecule has 0 spiro atoms. The number of methoxy groups -OCH3 is 1. The molecule has 7 heteroatoms. The molecule has 0 radical (unpaired) electrons. The largest absolute Gasteiger partial charge is 0.496 e. The molecule has 1 amide bonds. The van der Waals surface area contributed by atoms with Gasteiger partial charge >= 0.3 is 0 Å². The molecule has 27 heavy (non-hydrogen) atoms. The van der Waals surface area contributed by atoms with Crippen molar-refractivity contribution in [1.29, 1.82) is 0 Å². The summed E-state index contributed by atoms with van der Waals surface area (Å²) in [6.45, 7) is 4.15. The molecular weight excluding hydrogens is 360 g/mol. The third kappa shape index (κ3) is 4.46. The van der Waals surface area contributed by atoms with Crippen molar-refractivity contribution in [3.63, 3.8) is 0 Å². The van der Waals surface area contributed by atoms with E-state index in [1.165, 1.54) is 31.0 Å². The minimum Gasteiger partial charge on any atom is -0.496 e. The second kappa shape index (κ2) is 8.78. The van der Waals surface area contributed by atoms with Crippen molar-refractivity contribution in [1.82, 2.24) is 20.1 Å². The number of aromatic nitrogens is 3. The molecule has 0 bridgehead atoms. The lowest BCUT2D eigenvalue weighted by Crippen LogP contribution is -2.44. The molecule has 1 aromatic carbocycles. The first-order valence-electron chi connectivity index (χ1n) is 9.51. The summed E-state index contributed by atoms with van der Waals surface area (Å²) in [5.74, 6) is 2.09. The Labute approximate surface area is 165 Å². The number of benzene rings is 1. The maximum atomic E-state index is 12.6. The van der Waals surface area contributed by atoms with Crippen molar-refractivity contribution in [3.05, 3.63) is 24.3 Å². The Balaban J connectivity index is 1.69. The molecule has 3 atom stereocenters. The van der Waals surface area contributed by atoms with Crippen molar-refractivity contribution < 1.29 is 9.53 Å². The van der Waals surface area contributed by atoms with E-state index in [1.807, 2.05) is 42.8 Å². The van der Waals surface area contributed by atoms with Crippen LogP contribution in [0.5, 0.6) is 5.75 Å². The number of carbonyl (C=O) groups excluding carboxylic acids is 1. The maximum absolute atomic E-state index is 12.6. The van der Waals surface area contributed by atoms with Crippen molar-refractivity contribution >= 4 is 17.7 Å². The van der Waals surface area contributed by atoms with Crippen molar-refractivity contribution in [2.45, 2.75) is 56.0 Å². The second-order valence-corrected chi connectivity index (χ2v) is 8.51. The van der Waals surface area contributed by atoms with Crippen LogP contribution in [0, 0.1) is 5.92 Å². The highest BCUT2D eigenvalue weighted by atomic mass is 32.2. The van der Waals surface area contributed by atoms with Crippen molar-refractivity contribution in [2.75, 3.05) is 7.11 Å². The fourth-order valence-corrected chi connectivity index (χ4v) is 4.35. The number of nitrogens with one attached hydrogen (secondary N) is 1. The molecule has 1 saturated carbocycles. The number of carbonyl (C=O) groups is 1. The standard InChI is InChI=1S/C20H28N4O2S/c1-13-9-5-7-11-16(13)21-19(25)14(2)27-20-23-22-18(24(20)3)15-10-6-8-12-17(15)26-4/h6,8,10,12-14,16H,5,7,9,11H2,1-4H3,(H,21,25). The van der Waals surface area contributed by atoms with Gasteiger partial charge in [0.15, 0.2) is 11.0 Å². The first kappa shape index (κ1) is 19.7. The van der Waals surface area contributed by atoms with Crippen LogP contribution in [0.25, 0.3) is 11.4 Å². The molecule has 0 saturated heterocycles. The molecule has 1 aromatic heterocycles. The molecule has 1 fully saturated rings. The Kier molecular flexibility index (Phi) is 6.42. The summed E-state index contributed by atoms with van der Waals surface area (Å²) >= 11 is 1.43. The third-order valence-corrected chi connectivity index (χ3v) is 6.41. The number of amides is 1. The normalized spacial score (nSPS) is 20.9. The monoisotopic (exact) mass is 388 g/mol. The van der Waals surface area contributed by atoms with Crippen LogP contribution in [-0.4, -0.2) is 39.1 Å². The topological polar surface area (TPSA) is 69.0 Å². The van der Waals surface area contributed by atoms with Gasteiger partial charge in [-0.1, -0.05) is 43.7 Å². The molecule has 3 rings (SSSR count). The summed E-state index contributed by atoms with van der Waals surface area (Å²) in [7, 11) is 3.56. The smallest absolute Gasteiger partial charge is 0.233 e. The Morgan fingerprint density at radius 2 is 2.04 bits per heavy atom. The SMILES string of the molecule is COc1ccccc1-c1nnc(SC(C)C(=O)NC2CCCCC2C)n1C. The molecule has 1 aliphatic rings. The van der Waals surface area contributed by atoms with Gasteiger partial charge in [-0.25, -0.2) is 0 Å². The minimum atomic E-state index is -0.229. The van der Waals surface area contributed by atoms with Crippen LogP contribution in [0.4, 0.5) is 0 Å². The van der Waals surface area contributed by atoms with E-state index in [1.54, 1.807) is 7.11 Å². The van der Waals surface area contributed by atoms with Crippen LogP contribution in [-0.2, 0) is 11.8 Å². The molecule has 146 valence electrons. The Morgan fingerprint density at radius 3 is 2.78 bits per heavy atom. The summed E-state index contributed by atoms with van der Waals surface area (Å²) < 4.78 is 7.34. The highest BCUT2D eigenvalue weighted by Crippen LogP contribution is 2.31. The van der Waals surface area contributed by atoms with Gasteiger partial charge in [-0.15, -0.1) is 10.2 Å². The lowest BCUT2D eigenvalue weighted by atomic mass is 9.86. The Hall–Kier alpha value is -2.02. The number of para-hydroxylation sites is 1. The van der Waals surface area contributed by atoms with E-state index in [0.717, 1.165) is 28.7 Å². The van der Waals surface area contributed by atoms with Gasteiger partial charge in [0.1, 0.15) is 5.75 Å². The summed E-state index contributed by atoms with van der Waals surface area (Å²) in [6, 6.07) is 8.02. The van der Waals surface area contributed by atoms with E-state index in [2.05, 4.69) is 22.4 Å². The molecule has 6 nitrogen and oxygen atoms in total. The van der Waals surface area contributed by atoms with Gasteiger partial charge < -0.3 is 14.6 Å². The number of rotatable bonds is 6. The van der Waals surface area contributed by atoms with Gasteiger partial charge in [-0.05, 0) is 37.8 Å². The molecule has 1 heterocycles. The molecule has 3 unspecified atom stereocenters. The zero-order valence-electron chi connectivity index (χ0n) is 16.4. The van der Waals surface area contributed by atoms with Gasteiger partial charge in [-0.2, -0.15) is 0 Å². The van der Waals surface area contributed by atoms with Crippen LogP contribution in [0.2, 0.25) is 0 Å². The molecule has 1 aliphatic carbocycles. The number of ether oxygens (including phenoxy) is 1. The Bertz CT molecular complexity index is 792. The maximum Gasteiger partial charge on any atom is 0.233 e. The van der Waals surface area contributed by atoms with Gasteiger partial charge in [0, 0.05) is 13.1 Å². The average Bonchev–Trinajstić information content (AvgIpc) is 3.03. The van der Waals surface area contributed by atoms with Crippen LogP contribution < -0.4 is 10.1 Å². The lowest BCUT2D eigenvalue weighted by molar-refractivity contribution is -0.121. The summed E-state index contributed by atoms with van der Waals surface area (Å²) in [6.07, 6.45) is 4.73. The third-order valence-electron chi connectivity index (χ3n) is 5.27. The number of hydrogen-bond acceptors (Lipinski definition) is 5. The minimum absolute atomic E-state index is 0.0700. The van der Waals surface area contributed by atoms with E-state index in [9.17, 15) is 4.79 Å². The highest BCUT2D eigenvalue weighted by Gasteiger charge is 2.26. The molecular formula is C20H28N4O2S. The van der Waals surface area contributed by atoms with Crippen molar-refractivity contribution in [2.24, 2.45) is 13.0 Å². The second-order valence-electron chi connectivity index (χ2n) is 7.20. The van der Waals surface area contributed by atoms with Crippen LogP contribution in [0.3, 0.4) is 0 Å². The van der Waals surface area contributed by atoms with Gasteiger partial charge in [0.2, 0.25) is 5.91 Å². The Morgan fingerprint density at radius 1 is 1.30 bits per heavy atom. The zero-order chi connectivity index (χ0) is 19.4. The predicted molar refractivity (Wildman–Crippen MR) is 108 cm³/mol. The fraction of sp³-hybridized carbons (Fsp3) is 0.550. The first-order valence-corrected chi connectivity index (χ1v) is 10.4. The van der Waals surface area contributed by atoms with Crippen LogP contribution in [0.1, 0.15) is 39.5 Å². The number of nitrogens with zero attached hydrogens (tertiary/aromatic N) is 3. The quantitative estimate of drug-likeness (QED) is 0.765. The van der Waals surface area contributed by atoms with Gasteiger partial charge in [-0.3, -0.25) is 4.79 Å². The van der Waals surface area contributed by atoms with E-state index in [0.29, 0.717) is 5.92 Å². The van der Waals surface area contributed by atoms with E-state index >= 15 is 0 Å². The molecule has 0 aliphatic heterocycles.